The van der Waals surface area contributed by atoms with Gasteiger partial charge in [-0.15, -0.1) is 0 Å². The van der Waals surface area contributed by atoms with Crippen LogP contribution in [0.5, 0.6) is 0 Å². The summed E-state index contributed by atoms with van der Waals surface area (Å²) in [6.45, 7) is 4.78. The second kappa shape index (κ2) is 14.2. The second-order valence-corrected chi connectivity index (χ2v) is 6.17. The van der Waals surface area contributed by atoms with Gasteiger partial charge in [0.1, 0.15) is 0 Å². The fourth-order valence-corrected chi connectivity index (χ4v) is 3.39. The van der Waals surface area contributed by atoms with Crippen LogP contribution in [0.4, 0.5) is 0 Å². The molecule has 0 radical (unpaired) electrons. The molecule has 0 amide bonds. The van der Waals surface area contributed by atoms with Crippen LogP contribution in [0.2, 0.25) is 0 Å². The number of hydrogen-bond donors (Lipinski definition) is 1. The van der Waals surface area contributed by atoms with E-state index in [1.165, 1.54) is 28.6 Å². The van der Waals surface area contributed by atoms with E-state index in [1.54, 1.807) is 0 Å². The number of rotatable bonds is 7. The Morgan fingerprint density at radius 2 is 1.39 bits per heavy atom. The molecule has 0 aromatic heterocycles. The third-order valence-electron chi connectivity index (χ3n) is 2.69. The fraction of sp³-hybridized carbons (Fsp3) is 0.462. The van der Waals surface area contributed by atoms with Crippen LogP contribution in [-0.4, -0.2) is 53.3 Å². The molecule has 0 aliphatic heterocycles. The summed E-state index contributed by atoms with van der Waals surface area (Å²) in [6, 6.07) is 5.31. The summed E-state index contributed by atoms with van der Waals surface area (Å²) in [6.07, 6.45) is 1.48. The van der Waals surface area contributed by atoms with E-state index in [-0.39, 0.29) is 67.3 Å². The average Bonchev–Trinajstić information content (AvgIpc) is 2.38. The molecule has 0 atom stereocenters. The van der Waals surface area contributed by atoms with Crippen LogP contribution in [0.3, 0.4) is 0 Å². The molecular formula is C13H25NO7SSm. The number of carbonyl (C=O) groups is 1. The van der Waals surface area contributed by atoms with E-state index in [1.807, 2.05) is 13.8 Å². The molecule has 1 aromatic rings. The van der Waals surface area contributed by atoms with Crippen LogP contribution < -0.4 is 0 Å². The van der Waals surface area contributed by atoms with Crippen molar-refractivity contribution < 1.29 is 75.1 Å². The van der Waals surface area contributed by atoms with Gasteiger partial charge in [0, 0.05) is 53.5 Å². The molecule has 0 unspecified atom stereocenters. The van der Waals surface area contributed by atoms with Crippen LogP contribution in [0.25, 0.3) is 0 Å². The van der Waals surface area contributed by atoms with Crippen molar-refractivity contribution in [1.29, 1.82) is 0 Å². The van der Waals surface area contributed by atoms with Crippen molar-refractivity contribution in [3.63, 3.8) is 0 Å². The van der Waals surface area contributed by atoms with E-state index in [2.05, 4.69) is 0 Å². The van der Waals surface area contributed by atoms with Crippen LogP contribution in [0.1, 0.15) is 37.0 Å². The van der Waals surface area contributed by atoms with E-state index in [4.69, 9.17) is 5.11 Å². The Morgan fingerprint density at radius 3 is 1.70 bits per heavy atom. The van der Waals surface area contributed by atoms with Gasteiger partial charge < -0.3 is 21.5 Å². The molecule has 7 N–H and O–H groups in total. The summed E-state index contributed by atoms with van der Waals surface area (Å²) in [5.41, 5.74) is 0.0801. The maximum atomic E-state index is 12.4. The van der Waals surface area contributed by atoms with Gasteiger partial charge in [-0.2, -0.15) is 4.31 Å². The number of nitrogens with zero attached hydrogens (tertiary/aromatic N) is 1. The first-order valence-corrected chi connectivity index (χ1v) is 7.71. The number of hydrogen-bond acceptors (Lipinski definition) is 3. The minimum atomic E-state index is -3.53. The number of carboxylic acids is 1. The summed E-state index contributed by atoms with van der Waals surface area (Å²) in [4.78, 5) is 10.9. The SMILES string of the molecule is CCCN(CCC)S(=O)(=O)c1ccc(C(=O)O)cc1.O.O.O.[Sm]. The minimum absolute atomic E-state index is 0. The Balaban J connectivity index is -0.000000451. The molecule has 0 spiro atoms. The number of benzene rings is 1. The van der Waals surface area contributed by atoms with E-state index in [9.17, 15) is 13.2 Å². The normalized spacial score (nSPS) is 9.70. The van der Waals surface area contributed by atoms with Crippen molar-refractivity contribution >= 4 is 16.0 Å². The standard InChI is InChI=1S/C13H19NO4S.3H2O.Sm/c1-3-9-14(10-4-2)19(17,18)12-7-5-11(6-8-12)13(15)16;;;;/h5-8H,3-4,9-10H2,1-2H3,(H,15,16);3*1H2;. The molecule has 0 heterocycles. The Bertz CT molecular complexity index is 528. The molecule has 1 aromatic carbocycles. The molecule has 0 fully saturated rings. The van der Waals surface area contributed by atoms with Crippen molar-refractivity contribution in [3.05, 3.63) is 29.8 Å². The first-order chi connectivity index (χ1) is 8.93. The maximum Gasteiger partial charge on any atom is 0.335 e. The van der Waals surface area contributed by atoms with E-state index < -0.39 is 16.0 Å². The number of aromatic carboxylic acids is 1. The smallest absolute Gasteiger partial charge is 0.335 e. The van der Waals surface area contributed by atoms with Gasteiger partial charge in [-0.1, -0.05) is 13.8 Å². The first kappa shape index (κ1) is 30.7. The summed E-state index contributed by atoms with van der Waals surface area (Å²) in [5, 5.41) is 8.80. The molecule has 1 rings (SSSR count). The van der Waals surface area contributed by atoms with E-state index in [0.717, 1.165) is 12.8 Å². The summed E-state index contributed by atoms with van der Waals surface area (Å²) in [7, 11) is -3.53. The van der Waals surface area contributed by atoms with Gasteiger partial charge in [0.05, 0.1) is 10.5 Å². The minimum Gasteiger partial charge on any atom is -0.478 e. The molecule has 0 bridgehead atoms. The van der Waals surface area contributed by atoms with Gasteiger partial charge in [-0.05, 0) is 37.1 Å². The Morgan fingerprint density at radius 1 is 1.00 bits per heavy atom. The van der Waals surface area contributed by atoms with Crippen molar-refractivity contribution in [2.45, 2.75) is 31.6 Å². The van der Waals surface area contributed by atoms with Crippen molar-refractivity contribution in [3.8, 4) is 0 Å². The predicted octanol–water partition coefficient (Wildman–Crippen LogP) is -0.279. The van der Waals surface area contributed by atoms with Crippen molar-refractivity contribution in [2.75, 3.05) is 13.1 Å². The summed E-state index contributed by atoms with van der Waals surface area (Å²) in [5.74, 6) is -1.07. The number of sulfonamides is 1. The van der Waals surface area contributed by atoms with E-state index in [0.29, 0.717) is 13.1 Å². The molecule has 0 aliphatic carbocycles. The molecule has 136 valence electrons. The zero-order valence-corrected chi connectivity index (χ0v) is 16.5. The van der Waals surface area contributed by atoms with Gasteiger partial charge in [0.15, 0.2) is 0 Å². The molecule has 23 heavy (non-hydrogen) atoms. The Kier molecular flexibility index (Phi) is 18.9. The van der Waals surface area contributed by atoms with E-state index >= 15 is 0 Å². The topological polar surface area (TPSA) is 169 Å². The van der Waals surface area contributed by atoms with Gasteiger partial charge in [-0.25, -0.2) is 13.2 Å². The maximum absolute atomic E-state index is 12.4. The third kappa shape index (κ3) is 8.46. The first-order valence-electron chi connectivity index (χ1n) is 6.27. The Hall–Kier alpha value is -0.182. The monoisotopic (exact) mass is 491 g/mol. The zero-order chi connectivity index (χ0) is 14.5. The van der Waals surface area contributed by atoms with Gasteiger partial charge in [-0.3, -0.25) is 0 Å². The van der Waals surface area contributed by atoms with Gasteiger partial charge >= 0.3 is 5.97 Å². The number of carboxylic acid groups (broad SMARTS) is 1. The third-order valence-corrected chi connectivity index (χ3v) is 4.60. The summed E-state index contributed by atoms with van der Waals surface area (Å²) < 4.78 is 26.2. The average molecular weight is 490 g/mol. The van der Waals surface area contributed by atoms with Crippen LogP contribution >= 0.6 is 0 Å². The van der Waals surface area contributed by atoms with Gasteiger partial charge in [0.2, 0.25) is 10.0 Å². The Labute approximate surface area is 169 Å². The molecule has 0 saturated heterocycles. The molecule has 10 heteroatoms. The molecule has 0 aliphatic rings. The van der Waals surface area contributed by atoms with Crippen LogP contribution in [0.15, 0.2) is 29.2 Å². The molecule has 8 nitrogen and oxygen atoms in total. The fourth-order valence-electron chi connectivity index (χ4n) is 1.77. The predicted molar refractivity (Wildman–Crippen MR) is 83.6 cm³/mol. The van der Waals surface area contributed by atoms with Crippen LogP contribution in [-0.2, 0) is 10.0 Å². The zero-order valence-electron chi connectivity index (χ0n) is 13.1. The molecular weight excluding hydrogens is 465 g/mol. The largest absolute Gasteiger partial charge is 0.478 e. The van der Waals surface area contributed by atoms with Crippen molar-refractivity contribution in [2.24, 2.45) is 0 Å². The van der Waals surface area contributed by atoms with Crippen molar-refractivity contribution in [1.82, 2.24) is 4.31 Å². The second-order valence-electron chi connectivity index (χ2n) is 4.23. The quantitative estimate of drug-likeness (QED) is 0.556. The van der Waals surface area contributed by atoms with Gasteiger partial charge in [0.25, 0.3) is 0 Å². The van der Waals surface area contributed by atoms with Crippen LogP contribution in [0, 0.1) is 40.4 Å². The molecule has 0 saturated carbocycles. The summed E-state index contributed by atoms with van der Waals surface area (Å²) >= 11 is 0.